The molecule has 126 valence electrons. The topological polar surface area (TPSA) is 48.0 Å². The molecule has 0 bridgehead atoms. The predicted molar refractivity (Wildman–Crippen MR) is 90.0 cm³/mol. The number of nitrogens with zero attached hydrogens (tertiary/aromatic N) is 1. The van der Waals surface area contributed by atoms with Crippen LogP contribution in [0.4, 0.5) is 0 Å². The van der Waals surface area contributed by atoms with E-state index in [2.05, 4.69) is 23.1 Å². The molecule has 2 atom stereocenters. The molecule has 0 saturated carbocycles. The fraction of sp³-hybridized carbons (Fsp3) is 0.421. The Labute approximate surface area is 141 Å². The van der Waals surface area contributed by atoms with Crippen LogP contribution in [0.3, 0.4) is 0 Å². The minimum Gasteiger partial charge on any atom is -0.474 e. The van der Waals surface area contributed by atoms with E-state index in [0.29, 0.717) is 19.6 Å². The highest BCUT2D eigenvalue weighted by atomic mass is 16.5. The molecule has 1 fully saturated rings. The largest absolute Gasteiger partial charge is 0.474 e. The third kappa shape index (κ3) is 2.64. The van der Waals surface area contributed by atoms with Crippen molar-refractivity contribution in [1.29, 1.82) is 0 Å². The fourth-order valence-electron chi connectivity index (χ4n) is 3.68. The lowest BCUT2D eigenvalue weighted by molar-refractivity contribution is -0.157. The van der Waals surface area contributed by atoms with Gasteiger partial charge in [-0.3, -0.25) is 9.69 Å². The van der Waals surface area contributed by atoms with Gasteiger partial charge in [0.05, 0.1) is 20.3 Å². The maximum absolute atomic E-state index is 12.4. The molecule has 2 heterocycles. The van der Waals surface area contributed by atoms with Gasteiger partial charge in [0, 0.05) is 18.7 Å². The number of benzene rings is 2. The minimum atomic E-state index is -0.327. The maximum atomic E-state index is 12.4. The Morgan fingerprint density at radius 3 is 2.75 bits per heavy atom. The van der Waals surface area contributed by atoms with E-state index in [1.807, 2.05) is 18.2 Å². The second-order valence-electron chi connectivity index (χ2n) is 6.25. The van der Waals surface area contributed by atoms with Gasteiger partial charge >= 0.3 is 5.97 Å². The molecule has 2 aromatic rings. The Hall–Kier alpha value is -2.11. The summed E-state index contributed by atoms with van der Waals surface area (Å²) in [5.74, 6) is 0.321. The Morgan fingerprint density at radius 2 is 1.96 bits per heavy atom. The maximum Gasteiger partial charge on any atom is 0.314 e. The summed E-state index contributed by atoms with van der Waals surface area (Å²) in [4.78, 5) is 14.6. The summed E-state index contributed by atoms with van der Waals surface area (Å²) in [6.45, 7) is 2.86. The van der Waals surface area contributed by atoms with E-state index in [-0.39, 0.29) is 18.1 Å². The molecular formula is C19H21NO4. The summed E-state index contributed by atoms with van der Waals surface area (Å²) >= 11 is 0. The van der Waals surface area contributed by atoms with Crippen LogP contribution in [-0.4, -0.2) is 50.5 Å². The molecule has 2 aliphatic heterocycles. The lowest BCUT2D eigenvalue weighted by atomic mass is 9.90. The molecular weight excluding hydrogens is 306 g/mol. The predicted octanol–water partition coefficient (Wildman–Crippen LogP) is 2.22. The Balaban J connectivity index is 1.74. The number of rotatable bonds is 2. The Bertz CT molecular complexity index is 754. The molecule has 0 spiro atoms. The van der Waals surface area contributed by atoms with Gasteiger partial charge in [0.1, 0.15) is 11.7 Å². The van der Waals surface area contributed by atoms with Crippen LogP contribution in [0.1, 0.15) is 5.56 Å². The number of carbonyl (C=O) groups is 1. The van der Waals surface area contributed by atoms with E-state index in [0.717, 1.165) is 35.2 Å². The van der Waals surface area contributed by atoms with Crippen LogP contribution < -0.4 is 4.74 Å². The van der Waals surface area contributed by atoms with Crippen molar-refractivity contribution < 1.29 is 19.0 Å². The third-order valence-electron chi connectivity index (χ3n) is 4.92. The minimum absolute atomic E-state index is 0.218. The lowest BCUT2D eigenvalue weighted by Gasteiger charge is -2.41. The molecule has 5 nitrogen and oxygen atoms in total. The molecule has 2 aliphatic rings. The molecule has 0 radical (unpaired) electrons. The first-order chi connectivity index (χ1) is 11.8. The zero-order valence-electron chi connectivity index (χ0n) is 13.7. The van der Waals surface area contributed by atoms with Gasteiger partial charge in [-0.25, -0.2) is 0 Å². The number of carbonyl (C=O) groups excluding carboxylic acids is 1. The lowest BCUT2D eigenvalue weighted by Crippen LogP contribution is -2.54. The van der Waals surface area contributed by atoms with E-state index in [9.17, 15) is 4.79 Å². The van der Waals surface area contributed by atoms with Gasteiger partial charge in [0.2, 0.25) is 0 Å². The number of methoxy groups -OCH3 is 1. The highest BCUT2D eigenvalue weighted by molar-refractivity contribution is 5.89. The molecule has 4 rings (SSSR count). The van der Waals surface area contributed by atoms with E-state index < -0.39 is 0 Å². The van der Waals surface area contributed by atoms with E-state index in [4.69, 9.17) is 14.2 Å². The summed E-state index contributed by atoms with van der Waals surface area (Å²) in [6.07, 6.45) is 0.334. The smallest absolute Gasteiger partial charge is 0.314 e. The second kappa shape index (κ2) is 6.42. The van der Waals surface area contributed by atoms with Gasteiger partial charge in [-0.2, -0.15) is 0 Å². The van der Waals surface area contributed by atoms with Crippen molar-refractivity contribution in [2.75, 3.05) is 33.4 Å². The van der Waals surface area contributed by atoms with Gasteiger partial charge in [-0.15, -0.1) is 0 Å². The van der Waals surface area contributed by atoms with Crippen molar-refractivity contribution in [2.24, 2.45) is 5.92 Å². The van der Waals surface area contributed by atoms with E-state index in [1.54, 1.807) is 0 Å². The standard InChI is InChI=1S/C19H21NO4/c1-22-19(21)16-12-15-14-5-3-2-4-13(14)6-7-17(15)24-18(16)20-8-10-23-11-9-20/h2-7,16,18H,8-12H2,1H3/t16-,18-/m1/s1. The average molecular weight is 327 g/mol. The first-order valence-electron chi connectivity index (χ1n) is 8.35. The number of hydrogen-bond donors (Lipinski definition) is 0. The molecule has 0 amide bonds. The van der Waals surface area contributed by atoms with Gasteiger partial charge in [0.15, 0.2) is 6.23 Å². The van der Waals surface area contributed by atoms with Gasteiger partial charge in [-0.05, 0) is 23.3 Å². The number of ether oxygens (including phenoxy) is 3. The molecule has 0 N–H and O–H groups in total. The number of fused-ring (bicyclic) bond motifs is 3. The quantitative estimate of drug-likeness (QED) is 0.792. The highest BCUT2D eigenvalue weighted by Gasteiger charge is 2.40. The van der Waals surface area contributed by atoms with Gasteiger partial charge < -0.3 is 14.2 Å². The Morgan fingerprint density at radius 1 is 1.17 bits per heavy atom. The van der Waals surface area contributed by atoms with Crippen LogP contribution >= 0.6 is 0 Å². The van der Waals surface area contributed by atoms with Crippen LogP contribution in [0.2, 0.25) is 0 Å². The highest BCUT2D eigenvalue weighted by Crippen LogP contribution is 2.37. The summed E-state index contributed by atoms with van der Waals surface area (Å²) in [5.41, 5.74) is 1.09. The van der Waals surface area contributed by atoms with Crippen LogP contribution in [0.25, 0.3) is 10.8 Å². The van der Waals surface area contributed by atoms with E-state index >= 15 is 0 Å². The van der Waals surface area contributed by atoms with Crippen LogP contribution in [-0.2, 0) is 20.7 Å². The number of esters is 1. The van der Waals surface area contributed by atoms with Crippen molar-refractivity contribution in [3.05, 3.63) is 42.0 Å². The monoisotopic (exact) mass is 327 g/mol. The first-order valence-corrected chi connectivity index (χ1v) is 8.35. The number of morpholine rings is 1. The Kier molecular flexibility index (Phi) is 4.12. The molecule has 0 aromatic heterocycles. The number of hydrogen-bond acceptors (Lipinski definition) is 5. The summed E-state index contributed by atoms with van der Waals surface area (Å²) < 4.78 is 16.8. The zero-order valence-corrected chi connectivity index (χ0v) is 13.7. The molecule has 5 heteroatoms. The van der Waals surface area contributed by atoms with Crippen molar-refractivity contribution in [2.45, 2.75) is 12.6 Å². The zero-order chi connectivity index (χ0) is 16.5. The van der Waals surface area contributed by atoms with Gasteiger partial charge in [0.25, 0.3) is 0 Å². The molecule has 1 saturated heterocycles. The second-order valence-corrected chi connectivity index (χ2v) is 6.25. The van der Waals surface area contributed by atoms with Crippen molar-refractivity contribution >= 4 is 16.7 Å². The molecule has 0 aliphatic carbocycles. The van der Waals surface area contributed by atoms with Gasteiger partial charge in [-0.1, -0.05) is 30.3 Å². The normalized spacial score (nSPS) is 24.2. The SMILES string of the molecule is COC(=O)[C@@H]1Cc2c(ccc3ccccc23)O[C@H]1N1CCOCC1. The van der Waals surface area contributed by atoms with Crippen LogP contribution in [0.15, 0.2) is 36.4 Å². The average Bonchev–Trinajstić information content (AvgIpc) is 2.67. The summed E-state index contributed by atoms with van der Waals surface area (Å²) in [7, 11) is 1.44. The molecule has 24 heavy (non-hydrogen) atoms. The summed E-state index contributed by atoms with van der Waals surface area (Å²) in [5, 5.41) is 2.30. The molecule has 2 aromatic carbocycles. The molecule has 0 unspecified atom stereocenters. The van der Waals surface area contributed by atoms with Crippen LogP contribution in [0, 0.1) is 5.92 Å². The first kappa shape index (κ1) is 15.4. The van der Waals surface area contributed by atoms with Crippen LogP contribution in [0.5, 0.6) is 5.75 Å². The fourth-order valence-corrected chi connectivity index (χ4v) is 3.68. The third-order valence-corrected chi connectivity index (χ3v) is 4.92. The van der Waals surface area contributed by atoms with Crippen molar-refractivity contribution in [3.63, 3.8) is 0 Å². The summed E-state index contributed by atoms with van der Waals surface area (Å²) in [6, 6.07) is 12.3. The van der Waals surface area contributed by atoms with Crippen molar-refractivity contribution in [1.82, 2.24) is 4.90 Å². The van der Waals surface area contributed by atoms with Crippen molar-refractivity contribution in [3.8, 4) is 5.75 Å². The van der Waals surface area contributed by atoms with E-state index in [1.165, 1.54) is 7.11 Å².